The fourth-order valence-electron chi connectivity index (χ4n) is 4.72. The van der Waals surface area contributed by atoms with Crippen molar-refractivity contribution >= 4 is 52.3 Å². The summed E-state index contributed by atoms with van der Waals surface area (Å²) in [6, 6.07) is 12.1. The number of aromatic nitrogens is 1. The van der Waals surface area contributed by atoms with Crippen LogP contribution in [0.2, 0.25) is 10.0 Å². The van der Waals surface area contributed by atoms with Crippen LogP contribution in [-0.4, -0.2) is 28.2 Å². The molecular weight excluding hydrogens is 617 g/mol. The van der Waals surface area contributed by atoms with E-state index in [1.807, 2.05) is 32.0 Å². The molecule has 0 fully saturated rings. The molecule has 222 valence electrons. The first-order chi connectivity index (χ1) is 20.5. The summed E-state index contributed by atoms with van der Waals surface area (Å²) >= 11 is 13.4. The van der Waals surface area contributed by atoms with Crippen LogP contribution >= 0.6 is 34.5 Å². The third-order valence-corrected chi connectivity index (χ3v) is 8.09. The fraction of sp³-hybridized carbons (Fsp3) is 0.233. The maximum absolute atomic E-state index is 14.0. The highest BCUT2D eigenvalue weighted by molar-refractivity contribution is 7.07. The summed E-state index contributed by atoms with van der Waals surface area (Å²) in [7, 11) is 0. The summed E-state index contributed by atoms with van der Waals surface area (Å²) in [6.45, 7) is 7.35. The molecule has 2 aromatic carbocycles. The van der Waals surface area contributed by atoms with E-state index in [1.54, 1.807) is 38.1 Å². The highest BCUT2D eigenvalue weighted by atomic mass is 35.5. The Labute approximate surface area is 259 Å². The zero-order valence-electron chi connectivity index (χ0n) is 23.4. The zero-order valence-corrected chi connectivity index (χ0v) is 25.7. The van der Waals surface area contributed by atoms with E-state index in [9.17, 15) is 19.7 Å². The molecule has 13 heteroatoms. The van der Waals surface area contributed by atoms with Crippen LogP contribution in [0.1, 0.15) is 45.1 Å². The maximum Gasteiger partial charge on any atom is 0.338 e. The molecule has 0 aliphatic carbocycles. The molecule has 0 bridgehead atoms. The van der Waals surface area contributed by atoms with Gasteiger partial charge in [0.05, 0.1) is 38.5 Å². The third kappa shape index (κ3) is 5.88. The van der Waals surface area contributed by atoms with Crippen molar-refractivity contribution in [1.82, 2.24) is 4.57 Å². The highest BCUT2D eigenvalue weighted by Crippen LogP contribution is 2.38. The van der Waals surface area contributed by atoms with Gasteiger partial charge in [0.2, 0.25) is 0 Å². The average molecular weight is 643 g/mol. The molecular formula is C30H25Cl2N3O7S. The quantitative estimate of drug-likeness (QED) is 0.130. The lowest BCUT2D eigenvalue weighted by molar-refractivity contribution is -0.384. The van der Waals surface area contributed by atoms with Crippen molar-refractivity contribution in [2.45, 2.75) is 39.8 Å². The Hall–Kier alpha value is -4.19. The minimum atomic E-state index is -0.854. The van der Waals surface area contributed by atoms with E-state index in [0.29, 0.717) is 27.6 Å². The second-order valence-corrected chi connectivity index (χ2v) is 11.6. The topological polar surface area (TPSA) is 126 Å². The van der Waals surface area contributed by atoms with Crippen LogP contribution in [0.3, 0.4) is 0 Å². The molecule has 10 nitrogen and oxygen atoms in total. The molecule has 4 aromatic rings. The monoisotopic (exact) mass is 641 g/mol. The Morgan fingerprint density at radius 3 is 2.65 bits per heavy atom. The predicted octanol–water partition coefficient (Wildman–Crippen LogP) is 6.06. The summed E-state index contributed by atoms with van der Waals surface area (Å²) in [5.74, 6) is 0.502. The fourth-order valence-corrected chi connectivity index (χ4v) is 6.30. The van der Waals surface area contributed by atoms with E-state index in [-0.39, 0.29) is 49.9 Å². The Bertz CT molecular complexity index is 1970. The molecule has 43 heavy (non-hydrogen) atoms. The third-order valence-electron chi connectivity index (χ3n) is 6.49. The van der Waals surface area contributed by atoms with Crippen LogP contribution in [0.15, 0.2) is 74.0 Å². The Morgan fingerprint density at radius 2 is 1.95 bits per heavy atom. The summed E-state index contributed by atoms with van der Waals surface area (Å²) < 4.78 is 19.1. The Kier molecular flexibility index (Phi) is 8.59. The van der Waals surface area contributed by atoms with Crippen molar-refractivity contribution in [3.8, 4) is 17.1 Å². The van der Waals surface area contributed by atoms with Crippen molar-refractivity contribution in [1.29, 1.82) is 0 Å². The van der Waals surface area contributed by atoms with E-state index in [0.717, 1.165) is 11.3 Å². The number of halogens is 2. The first-order valence-corrected chi connectivity index (χ1v) is 14.8. The second kappa shape index (κ2) is 12.2. The smallest absolute Gasteiger partial charge is 0.338 e. The van der Waals surface area contributed by atoms with Crippen molar-refractivity contribution in [3.63, 3.8) is 0 Å². The first-order valence-electron chi connectivity index (χ1n) is 13.2. The summed E-state index contributed by atoms with van der Waals surface area (Å²) in [5.41, 5.74) is 0.827. The summed E-state index contributed by atoms with van der Waals surface area (Å²) in [5, 5.41) is 11.4. The van der Waals surface area contributed by atoms with Crippen LogP contribution in [0, 0.1) is 10.1 Å². The molecule has 2 aromatic heterocycles. The number of nitro benzene ring substituents is 1. The number of esters is 1. The number of benzene rings is 2. The molecule has 0 radical (unpaired) electrons. The van der Waals surface area contributed by atoms with Gasteiger partial charge in [-0.15, -0.1) is 0 Å². The van der Waals surface area contributed by atoms with Crippen LogP contribution in [0.5, 0.6) is 5.75 Å². The van der Waals surface area contributed by atoms with Gasteiger partial charge in [0.1, 0.15) is 28.3 Å². The maximum atomic E-state index is 14.0. The Balaban J connectivity index is 1.65. The first kappa shape index (κ1) is 30.3. The molecule has 0 spiro atoms. The average Bonchev–Trinajstić information content (AvgIpc) is 3.52. The number of carbonyl (C=O) groups excluding carboxylic acids is 1. The van der Waals surface area contributed by atoms with Gasteiger partial charge in [-0.3, -0.25) is 19.5 Å². The molecule has 0 unspecified atom stereocenters. The van der Waals surface area contributed by atoms with Gasteiger partial charge in [0.15, 0.2) is 4.80 Å². The van der Waals surface area contributed by atoms with Crippen molar-refractivity contribution in [3.05, 3.63) is 111 Å². The standard InChI is InChI=1S/C30H25Cl2N3O7S/c1-5-40-29(37)26-16(4)33-30-34(27(26)18-8-6-7-9-23(18)41-15(2)3)28(36)25(43-30)12-17-10-11-24(42-17)19-13-22(35(38)39)21(32)14-20(19)31/h6-15,27H,5H2,1-4H3/b25-12+/t27-/m0/s1. The number of nitrogens with zero attached hydrogens (tertiary/aromatic N) is 3. The molecule has 1 aliphatic heterocycles. The number of allylic oxidation sites excluding steroid dienone is 1. The molecule has 5 rings (SSSR count). The van der Waals surface area contributed by atoms with E-state index in [4.69, 9.17) is 37.1 Å². The molecule has 0 saturated heterocycles. The van der Waals surface area contributed by atoms with Gasteiger partial charge in [-0.25, -0.2) is 9.79 Å². The summed E-state index contributed by atoms with van der Waals surface area (Å²) in [4.78, 5) is 42.9. The van der Waals surface area contributed by atoms with E-state index >= 15 is 0 Å². The number of fused-ring (bicyclic) bond motifs is 1. The molecule has 1 aliphatic rings. The molecule has 0 saturated carbocycles. The van der Waals surface area contributed by atoms with E-state index in [2.05, 4.69) is 4.99 Å². The minimum absolute atomic E-state index is 0.0981. The Morgan fingerprint density at radius 1 is 1.21 bits per heavy atom. The number of ether oxygens (including phenoxy) is 2. The predicted molar refractivity (Wildman–Crippen MR) is 163 cm³/mol. The zero-order chi connectivity index (χ0) is 31.0. The van der Waals surface area contributed by atoms with Gasteiger partial charge >= 0.3 is 5.97 Å². The summed E-state index contributed by atoms with van der Waals surface area (Å²) in [6.07, 6.45) is 1.39. The van der Waals surface area contributed by atoms with Crippen molar-refractivity contribution < 1.29 is 23.6 Å². The SMILES string of the molecule is CCOC(=O)C1=C(C)N=c2s/c(=C/c3ccc(-c4cc([N+](=O)[O-])c(Cl)cc4Cl)o3)c(=O)n2[C@H]1c1ccccc1OC(C)C. The molecule has 1 atom stereocenters. The molecule has 0 N–H and O–H groups in total. The minimum Gasteiger partial charge on any atom is -0.491 e. The number of furan rings is 1. The van der Waals surface area contributed by atoms with Crippen LogP contribution in [0.4, 0.5) is 5.69 Å². The number of para-hydroxylation sites is 1. The largest absolute Gasteiger partial charge is 0.491 e. The number of hydrogen-bond acceptors (Lipinski definition) is 9. The normalized spacial score (nSPS) is 15.0. The van der Waals surface area contributed by atoms with E-state index in [1.165, 1.54) is 16.7 Å². The van der Waals surface area contributed by atoms with E-state index < -0.39 is 22.5 Å². The van der Waals surface area contributed by atoms with Gasteiger partial charge < -0.3 is 13.9 Å². The van der Waals surface area contributed by atoms with Crippen LogP contribution in [0.25, 0.3) is 17.4 Å². The lowest BCUT2D eigenvalue weighted by Gasteiger charge is -2.26. The lowest BCUT2D eigenvalue weighted by Crippen LogP contribution is -2.40. The van der Waals surface area contributed by atoms with Gasteiger partial charge in [-0.05, 0) is 52.0 Å². The number of carbonyl (C=O) groups is 1. The molecule has 3 heterocycles. The van der Waals surface area contributed by atoms with Crippen LogP contribution in [-0.2, 0) is 9.53 Å². The van der Waals surface area contributed by atoms with Crippen molar-refractivity contribution in [2.75, 3.05) is 6.61 Å². The van der Waals surface area contributed by atoms with Crippen molar-refractivity contribution in [2.24, 2.45) is 4.99 Å². The van der Waals surface area contributed by atoms with Crippen LogP contribution < -0.4 is 19.6 Å². The molecule has 0 amide bonds. The second-order valence-electron chi connectivity index (χ2n) is 9.75. The van der Waals surface area contributed by atoms with Gasteiger partial charge in [-0.1, -0.05) is 52.7 Å². The van der Waals surface area contributed by atoms with Gasteiger partial charge in [0.25, 0.3) is 11.2 Å². The number of thiazole rings is 1. The highest BCUT2D eigenvalue weighted by Gasteiger charge is 2.35. The lowest BCUT2D eigenvalue weighted by atomic mass is 9.95. The number of nitro groups is 1. The number of hydrogen-bond donors (Lipinski definition) is 0. The van der Waals surface area contributed by atoms with Gasteiger partial charge in [0, 0.05) is 23.3 Å². The van der Waals surface area contributed by atoms with Gasteiger partial charge in [-0.2, -0.15) is 0 Å². The number of rotatable bonds is 8.